The van der Waals surface area contributed by atoms with Crippen LogP contribution in [0.3, 0.4) is 0 Å². The number of carboxylic acids is 1. The van der Waals surface area contributed by atoms with Crippen LogP contribution in [0.4, 0.5) is 0 Å². The standard InChI is InChI=1S/C30H46O7S/c1-25(2)21-8-11-30(7)23(28(21,5)10-9-22(25)37-38(34,35)36)20(31)16-18-19-17-27(4,24(32)33)13-12-26(19,3)14-15-29(18,30)6/h16,19,21-23H,8-15,17H2,1-7H3,(H,32,33)(H,34,35,36)/t19-,21-,22-,23+,26+,27-,28-,29+,30+/m0/s1. The molecule has 0 saturated heterocycles. The summed E-state index contributed by atoms with van der Waals surface area (Å²) in [6.45, 7) is 15.1. The Morgan fingerprint density at radius 3 is 2.18 bits per heavy atom. The molecule has 0 aromatic heterocycles. The van der Waals surface area contributed by atoms with Crippen LogP contribution in [-0.2, 0) is 24.2 Å². The fourth-order valence-electron chi connectivity index (χ4n) is 10.7. The molecule has 38 heavy (non-hydrogen) atoms. The zero-order chi connectivity index (χ0) is 28.3. The number of fused-ring (bicyclic) bond motifs is 7. The van der Waals surface area contributed by atoms with E-state index in [2.05, 4.69) is 27.7 Å². The second kappa shape index (κ2) is 8.16. The molecule has 0 spiro atoms. The molecule has 214 valence electrons. The van der Waals surface area contributed by atoms with Crippen LogP contribution >= 0.6 is 0 Å². The third-order valence-electron chi connectivity index (χ3n) is 13.3. The number of carbonyl (C=O) groups is 2. The second-order valence-corrected chi connectivity index (χ2v) is 16.5. The van der Waals surface area contributed by atoms with E-state index >= 15 is 0 Å². The largest absolute Gasteiger partial charge is 0.481 e. The van der Waals surface area contributed by atoms with Gasteiger partial charge in [-0.2, -0.15) is 8.42 Å². The summed E-state index contributed by atoms with van der Waals surface area (Å²) in [6, 6.07) is 0. The van der Waals surface area contributed by atoms with Gasteiger partial charge in [0.15, 0.2) is 5.78 Å². The van der Waals surface area contributed by atoms with E-state index in [1.54, 1.807) is 0 Å². The minimum atomic E-state index is -4.58. The number of hydrogen-bond acceptors (Lipinski definition) is 5. The van der Waals surface area contributed by atoms with Crippen LogP contribution in [0.25, 0.3) is 0 Å². The van der Waals surface area contributed by atoms with Crippen molar-refractivity contribution in [1.29, 1.82) is 0 Å². The summed E-state index contributed by atoms with van der Waals surface area (Å²) in [5, 5.41) is 10.1. The molecule has 0 unspecified atom stereocenters. The highest BCUT2D eigenvalue weighted by Crippen LogP contribution is 2.75. The average molecular weight is 551 g/mol. The van der Waals surface area contributed by atoms with Crippen molar-refractivity contribution in [3.8, 4) is 0 Å². The number of carboxylic acid groups (broad SMARTS) is 1. The maximum absolute atomic E-state index is 14.3. The highest BCUT2D eigenvalue weighted by atomic mass is 32.3. The van der Waals surface area contributed by atoms with E-state index in [0.29, 0.717) is 25.7 Å². The smallest absolute Gasteiger partial charge is 0.397 e. The zero-order valence-corrected chi connectivity index (χ0v) is 24.9. The lowest BCUT2D eigenvalue weighted by molar-refractivity contribution is -0.199. The van der Waals surface area contributed by atoms with Gasteiger partial charge >= 0.3 is 16.4 Å². The molecule has 0 heterocycles. The van der Waals surface area contributed by atoms with E-state index in [-0.39, 0.29) is 45.2 Å². The first-order chi connectivity index (χ1) is 17.2. The molecular weight excluding hydrogens is 504 g/mol. The van der Waals surface area contributed by atoms with Gasteiger partial charge in [0.2, 0.25) is 0 Å². The molecule has 0 radical (unpaired) electrons. The number of carbonyl (C=O) groups excluding carboxylic acids is 1. The molecule has 5 aliphatic rings. The molecule has 5 rings (SSSR count). The van der Waals surface area contributed by atoms with Gasteiger partial charge in [-0.05, 0) is 110 Å². The van der Waals surface area contributed by atoms with Crippen LogP contribution < -0.4 is 0 Å². The number of ketones is 1. The lowest BCUT2D eigenvalue weighted by Crippen LogP contribution is -2.66. The number of hydrogen-bond donors (Lipinski definition) is 2. The molecule has 0 bridgehead atoms. The van der Waals surface area contributed by atoms with Gasteiger partial charge in [-0.15, -0.1) is 0 Å². The van der Waals surface area contributed by atoms with Gasteiger partial charge in [0.05, 0.1) is 11.5 Å². The summed E-state index contributed by atoms with van der Waals surface area (Å²) >= 11 is 0. The molecule has 2 N–H and O–H groups in total. The lowest BCUT2D eigenvalue weighted by atomic mass is 9.33. The SMILES string of the molecule is CC1(C)[C@@H](OS(=O)(=O)O)CC[C@]2(C)[C@H]3C(=O)C=C4[C@@H]5C[C@@](C)(C(=O)O)CC[C@]5(C)CC[C@@]4(C)[C@]3(C)CC[C@@H]12. The van der Waals surface area contributed by atoms with Gasteiger partial charge in [-0.1, -0.05) is 47.1 Å². The first-order valence-corrected chi connectivity index (χ1v) is 15.8. The van der Waals surface area contributed by atoms with E-state index in [1.807, 2.05) is 26.8 Å². The van der Waals surface area contributed by atoms with E-state index < -0.39 is 33.3 Å². The molecule has 0 aromatic rings. The Morgan fingerprint density at radius 1 is 0.947 bits per heavy atom. The van der Waals surface area contributed by atoms with Crippen molar-refractivity contribution < 1.29 is 31.8 Å². The second-order valence-electron chi connectivity index (χ2n) is 15.4. The Bertz CT molecular complexity index is 1200. The van der Waals surface area contributed by atoms with Crippen LogP contribution in [0.1, 0.15) is 106 Å². The fourth-order valence-corrected chi connectivity index (χ4v) is 11.3. The molecule has 9 atom stereocenters. The van der Waals surface area contributed by atoms with Crippen LogP contribution in [-0.4, -0.2) is 35.9 Å². The normalized spacial score (nSPS) is 50.1. The Labute approximate surface area is 228 Å². The van der Waals surface area contributed by atoms with Crippen molar-refractivity contribution in [3.05, 3.63) is 11.6 Å². The Morgan fingerprint density at radius 2 is 1.58 bits per heavy atom. The van der Waals surface area contributed by atoms with Gasteiger partial charge in [0.1, 0.15) is 0 Å². The maximum Gasteiger partial charge on any atom is 0.397 e. The van der Waals surface area contributed by atoms with E-state index in [1.165, 1.54) is 5.57 Å². The van der Waals surface area contributed by atoms with Gasteiger partial charge in [-0.3, -0.25) is 14.1 Å². The summed E-state index contributed by atoms with van der Waals surface area (Å²) in [6.07, 6.45) is 8.27. The van der Waals surface area contributed by atoms with Gasteiger partial charge in [-0.25, -0.2) is 4.18 Å². The quantitative estimate of drug-likeness (QED) is 0.399. The highest BCUT2D eigenvalue weighted by Gasteiger charge is 2.70. The first-order valence-electron chi connectivity index (χ1n) is 14.4. The van der Waals surface area contributed by atoms with Crippen LogP contribution in [0.2, 0.25) is 0 Å². The van der Waals surface area contributed by atoms with Crippen molar-refractivity contribution in [2.45, 2.75) is 112 Å². The summed E-state index contributed by atoms with van der Waals surface area (Å²) in [4.78, 5) is 26.6. The molecule has 5 aliphatic carbocycles. The third kappa shape index (κ3) is 3.68. The molecule has 7 nitrogen and oxygen atoms in total. The van der Waals surface area contributed by atoms with Crippen LogP contribution in [0.15, 0.2) is 11.6 Å². The fraction of sp³-hybridized carbons (Fsp3) is 0.867. The number of allylic oxidation sites excluding steroid dienone is 2. The van der Waals surface area contributed by atoms with E-state index in [4.69, 9.17) is 4.18 Å². The van der Waals surface area contributed by atoms with Gasteiger partial charge < -0.3 is 5.11 Å². The molecule has 0 aromatic carbocycles. The lowest BCUT2D eigenvalue weighted by Gasteiger charge is -2.70. The number of aliphatic carboxylic acids is 1. The van der Waals surface area contributed by atoms with Gasteiger partial charge in [0, 0.05) is 5.92 Å². The molecule has 0 aliphatic heterocycles. The molecule has 8 heteroatoms. The monoisotopic (exact) mass is 550 g/mol. The average Bonchev–Trinajstić information content (AvgIpc) is 2.77. The minimum Gasteiger partial charge on any atom is -0.481 e. The predicted octanol–water partition coefficient (Wildman–Crippen LogP) is 6.24. The summed E-state index contributed by atoms with van der Waals surface area (Å²) in [5.74, 6) is -0.636. The van der Waals surface area contributed by atoms with Crippen molar-refractivity contribution in [2.24, 2.45) is 50.2 Å². The van der Waals surface area contributed by atoms with Gasteiger partial charge in [0.25, 0.3) is 0 Å². The number of rotatable bonds is 3. The van der Waals surface area contributed by atoms with Crippen molar-refractivity contribution in [2.75, 3.05) is 0 Å². The summed E-state index contributed by atoms with van der Waals surface area (Å²) in [5.41, 5.74) is -0.918. The predicted molar refractivity (Wildman–Crippen MR) is 143 cm³/mol. The van der Waals surface area contributed by atoms with Crippen molar-refractivity contribution in [3.63, 3.8) is 0 Å². The third-order valence-corrected chi connectivity index (χ3v) is 13.7. The van der Waals surface area contributed by atoms with E-state index in [0.717, 1.165) is 32.1 Å². The molecule has 4 saturated carbocycles. The maximum atomic E-state index is 14.3. The zero-order valence-electron chi connectivity index (χ0n) is 24.1. The van der Waals surface area contributed by atoms with Crippen molar-refractivity contribution >= 4 is 22.2 Å². The Hall–Kier alpha value is -1.25. The van der Waals surface area contributed by atoms with Crippen molar-refractivity contribution in [1.82, 2.24) is 0 Å². The first kappa shape index (κ1) is 28.3. The van der Waals surface area contributed by atoms with Crippen LogP contribution in [0, 0.1) is 50.2 Å². The molecule has 4 fully saturated rings. The summed E-state index contributed by atoms with van der Waals surface area (Å²) < 4.78 is 37.9. The Balaban J connectivity index is 1.57. The van der Waals surface area contributed by atoms with E-state index in [9.17, 15) is 27.7 Å². The Kier molecular flexibility index (Phi) is 6.07. The minimum absolute atomic E-state index is 0.0120. The summed E-state index contributed by atoms with van der Waals surface area (Å²) in [7, 11) is -4.58. The molecule has 0 amide bonds. The highest BCUT2D eigenvalue weighted by molar-refractivity contribution is 7.80. The topological polar surface area (TPSA) is 118 Å². The van der Waals surface area contributed by atoms with Crippen LogP contribution in [0.5, 0.6) is 0 Å². The molecular formula is C30H46O7S.